The molecule has 0 saturated heterocycles. The van der Waals surface area contributed by atoms with Crippen molar-refractivity contribution in [3.63, 3.8) is 0 Å². The molecular formula is C15H23NOS. The van der Waals surface area contributed by atoms with Gasteiger partial charge in [0.15, 0.2) is 0 Å². The van der Waals surface area contributed by atoms with Crippen LogP contribution in [-0.4, -0.2) is 24.5 Å². The second kappa shape index (κ2) is 8.20. The van der Waals surface area contributed by atoms with Crippen LogP contribution in [0.15, 0.2) is 30.3 Å². The molecule has 0 aliphatic carbocycles. The summed E-state index contributed by atoms with van der Waals surface area (Å²) in [5.74, 6) is 1.46. The van der Waals surface area contributed by atoms with E-state index in [2.05, 4.69) is 25.4 Å². The van der Waals surface area contributed by atoms with Gasteiger partial charge in [-0.15, -0.1) is 0 Å². The minimum Gasteiger partial charge on any atom is -0.355 e. The number of hydrogen-bond donors (Lipinski definition) is 1. The predicted octanol–water partition coefficient (Wildman–Crippen LogP) is 3.30. The van der Waals surface area contributed by atoms with Crippen LogP contribution in [0, 0.1) is 5.92 Å². The normalized spacial score (nSPS) is 13.9. The number of nitrogens with one attached hydrogen (secondary N) is 1. The Labute approximate surface area is 115 Å². The number of carbonyl (C=O) groups excluding carboxylic acids is 1. The van der Waals surface area contributed by atoms with Gasteiger partial charge in [0.1, 0.15) is 0 Å². The Bertz CT molecular complexity index is 353. The molecule has 2 nitrogen and oxygen atoms in total. The number of rotatable bonds is 7. The largest absolute Gasteiger partial charge is 0.355 e. The fourth-order valence-electron chi connectivity index (χ4n) is 2.02. The van der Waals surface area contributed by atoms with Crippen LogP contribution in [0.3, 0.4) is 0 Å². The summed E-state index contributed by atoms with van der Waals surface area (Å²) in [6, 6.07) is 10.1. The van der Waals surface area contributed by atoms with Crippen molar-refractivity contribution in [3.05, 3.63) is 35.9 Å². The summed E-state index contributed by atoms with van der Waals surface area (Å²) >= 11 is 1.75. The average Bonchev–Trinajstić information content (AvgIpc) is 2.40. The highest BCUT2D eigenvalue weighted by Crippen LogP contribution is 2.26. The van der Waals surface area contributed by atoms with Crippen molar-refractivity contribution in [1.82, 2.24) is 5.32 Å². The molecule has 1 N–H and O–H groups in total. The number of thioether (sulfide) groups is 1. The molecule has 2 atom stereocenters. The van der Waals surface area contributed by atoms with E-state index in [-0.39, 0.29) is 11.8 Å². The molecule has 0 fully saturated rings. The van der Waals surface area contributed by atoms with Crippen LogP contribution in [0.2, 0.25) is 0 Å². The highest BCUT2D eigenvalue weighted by molar-refractivity contribution is 7.98. The van der Waals surface area contributed by atoms with Crippen molar-refractivity contribution in [3.8, 4) is 0 Å². The fraction of sp³-hybridized carbons (Fsp3) is 0.533. The van der Waals surface area contributed by atoms with Gasteiger partial charge in [-0.25, -0.2) is 0 Å². The first-order chi connectivity index (χ1) is 8.70. The van der Waals surface area contributed by atoms with Crippen LogP contribution >= 0.6 is 11.8 Å². The van der Waals surface area contributed by atoms with Gasteiger partial charge < -0.3 is 5.32 Å². The third kappa shape index (κ3) is 4.37. The summed E-state index contributed by atoms with van der Waals surface area (Å²) in [5, 5.41) is 3.04. The van der Waals surface area contributed by atoms with Crippen LogP contribution in [0.1, 0.15) is 31.7 Å². The van der Waals surface area contributed by atoms with E-state index in [0.29, 0.717) is 5.92 Å². The molecule has 0 unspecified atom stereocenters. The van der Waals surface area contributed by atoms with E-state index < -0.39 is 0 Å². The highest BCUT2D eigenvalue weighted by atomic mass is 32.2. The molecule has 1 amide bonds. The second-order valence-corrected chi connectivity index (χ2v) is 5.54. The lowest BCUT2D eigenvalue weighted by atomic mass is 9.85. The molecule has 0 aromatic heterocycles. The predicted molar refractivity (Wildman–Crippen MR) is 80.0 cm³/mol. The maximum atomic E-state index is 12.3. The maximum absolute atomic E-state index is 12.3. The third-order valence-electron chi connectivity index (χ3n) is 3.26. The monoisotopic (exact) mass is 265 g/mol. The molecule has 1 rings (SSSR count). The topological polar surface area (TPSA) is 29.1 Å². The lowest BCUT2D eigenvalue weighted by Gasteiger charge is -2.22. The Morgan fingerprint density at radius 2 is 2.00 bits per heavy atom. The van der Waals surface area contributed by atoms with Gasteiger partial charge in [0.05, 0.1) is 5.92 Å². The Kier molecular flexibility index (Phi) is 6.88. The minimum absolute atomic E-state index is 0.0296. The minimum atomic E-state index is -0.0296. The van der Waals surface area contributed by atoms with Crippen LogP contribution in [0.4, 0.5) is 0 Å². The van der Waals surface area contributed by atoms with Crippen molar-refractivity contribution < 1.29 is 4.79 Å². The lowest BCUT2D eigenvalue weighted by Crippen LogP contribution is -2.34. The van der Waals surface area contributed by atoms with Gasteiger partial charge >= 0.3 is 0 Å². The van der Waals surface area contributed by atoms with E-state index in [1.807, 2.05) is 30.3 Å². The Morgan fingerprint density at radius 1 is 1.33 bits per heavy atom. The zero-order chi connectivity index (χ0) is 13.4. The summed E-state index contributed by atoms with van der Waals surface area (Å²) in [5.41, 5.74) is 1.12. The molecule has 3 heteroatoms. The zero-order valence-electron chi connectivity index (χ0n) is 11.5. The molecule has 0 saturated carbocycles. The van der Waals surface area contributed by atoms with Crippen LogP contribution in [-0.2, 0) is 4.79 Å². The van der Waals surface area contributed by atoms with E-state index in [9.17, 15) is 4.79 Å². The molecule has 0 aliphatic rings. The highest BCUT2D eigenvalue weighted by Gasteiger charge is 2.25. The summed E-state index contributed by atoms with van der Waals surface area (Å²) in [4.78, 5) is 12.3. The third-order valence-corrected chi connectivity index (χ3v) is 3.87. The molecule has 1 aromatic rings. The van der Waals surface area contributed by atoms with E-state index >= 15 is 0 Å². The van der Waals surface area contributed by atoms with Crippen molar-refractivity contribution in [2.24, 2.45) is 5.92 Å². The van der Waals surface area contributed by atoms with Crippen molar-refractivity contribution in [1.29, 1.82) is 0 Å². The lowest BCUT2D eigenvalue weighted by molar-refractivity contribution is -0.123. The summed E-state index contributed by atoms with van der Waals surface area (Å²) in [7, 11) is 0. The molecule has 0 bridgehead atoms. The SMILES string of the molecule is CC[C@H](C)[C@@H](C(=O)NCCSC)c1ccccc1. The summed E-state index contributed by atoms with van der Waals surface area (Å²) in [6.07, 6.45) is 3.06. The average molecular weight is 265 g/mol. The number of amides is 1. The molecule has 100 valence electrons. The van der Waals surface area contributed by atoms with Crippen molar-refractivity contribution in [2.75, 3.05) is 18.6 Å². The molecule has 0 spiro atoms. The summed E-state index contributed by atoms with van der Waals surface area (Å²) < 4.78 is 0. The number of hydrogen-bond acceptors (Lipinski definition) is 2. The van der Waals surface area contributed by atoms with Crippen LogP contribution < -0.4 is 5.32 Å². The van der Waals surface area contributed by atoms with Gasteiger partial charge in [0.25, 0.3) is 0 Å². The van der Waals surface area contributed by atoms with Gasteiger partial charge in [-0.1, -0.05) is 50.6 Å². The Morgan fingerprint density at radius 3 is 2.56 bits per heavy atom. The van der Waals surface area contributed by atoms with Gasteiger partial charge in [0, 0.05) is 12.3 Å². The zero-order valence-corrected chi connectivity index (χ0v) is 12.3. The quantitative estimate of drug-likeness (QED) is 0.766. The molecule has 18 heavy (non-hydrogen) atoms. The molecule has 0 heterocycles. The fourth-order valence-corrected chi connectivity index (χ4v) is 2.33. The van der Waals surface area contributed by atoms with Crippen LogP contribution in [0.5, 0.6) is 0 Å². The van der Waals surface area contributed by atoms with Crippen LogP contribution in [0.25, 0.3) is 0 Å². The van der Waals surface area contributed by atoms with Crippen molar-refractivity contribution >= 4 is 17.7 Å². The van der Waals surface area contributed by atoms with E-state index in [1.54, 1.807) is 11.8 Å². The molecule has 0 aliphatic heterocycles. The standard InChI is InChI=1S/C15H23NOS/c1-4-12(2)14(13-8-6-5-7-9-13)15(17)16-10-11-18-3/h5-9,12,14H,4,10-11H2,1-3H3,(H,16,17)/t12-,14+/m0/s1. The van der Waals surface area contributed by atoms with Gasteiger partial charge in [-0.3, -0.25) is 4.79 Å². The van der Waals surface area contributed by atoms with E-state index in [0.717, 1.165) is 24.3 Å². The Balaban J connectivity index is 2.76. The first-order valence-electron chi connectivity index (χ1n) is 6.52. The smallest absolute Gasteiger partial charge is 0.227 e. The second-order valence-electron chi connectivity index (χ2n) is 4.56. The van der Waals surface area contributed by atoms with Gasteiger partial charge in [0.2, 0.25) is 5.91 Å². The van der Waals surface area contributed by atoms with Gasteiger partial charge in [-0.05, 0) is 17.7 Å². The first-order valence-corrected chi connectivity index (χ1v) is 7.91. The number of benzene rings is 1. The number of carbonyl (C=O) groups is 1. The molecule has 1 aromatic carbocycles. The Hall–Kier alpha value is -0.960. The van der Waals surface area contributed by atoms with Crippen molar-refractivity contribution in [2.45, 2.75) is 26.2 Å². The maximum Gasteiger partial charge on any atom is 0.227 e. The van der Waals surface area contributed by atoms with E-state index in [4.69, 9.17) is 0 Å². The van der Waals surface area contributed by atoms with E-state index in [1.165, 1.54) is 0 Å². The summed E-state index contributed by atoms with van der Waals surface area (Å²) in [6.45, 7) is 5.03. The first kappa shape index (κ1) is 15.1. The molecule has 0 radical (unpaired) electrons. The van der Waals surface area contributed by atoms with Gasteiger partial charge in [-0.2, -0.15) is 11.8 Å². The molecular weight excluding hydrogens is 242 g/mol.